The first kappa shape index (κ1) is 16.5. The molecule has 1 aliphatic rings. The van der Waals surface area contributed by atoms with E-state index in [1.807, 2.05) is 13.0 Å². The Morgan fingerprint density at radius 3 is 2.86 bits per heavy atom. The molecule has 1 aliphatic carbocycles. The normalized spacial score (nSPS) is 20.0. The van der Waals surface area contributed by atoms with Crippen molar-refractivity contribution in [3.63, 3.8) is 0 Å². The summed E-state index contributed by atoms with van der Waals surface area (Å²) in [5, 5.41) is 5.17. The van der Waals surface area contributed by atoms with Crippen molar-refractivity contribution in [3.05, 3.63) is 35.4 Å². The summed E-state index contributed by atoms with van der Waals surface area (Å²) in [4.78, 5) is 0. The van der Waals surface area contributed by atoms with Gasteiger partial charge in [-0.25, -0.2) is 13.6 Å². The van der Waals surface area contributed by atoms with Crippen molar-refractivity contribution in [3.8, 4) is 0 Å². The van der Waals surface area contributed by atoms with E-state index in [2.05, 4.69) is 18.2 Å². The van der Waals surface area contributed by atoms with Crippen LogP contribution in [-0.4, -0.2) is 20.8 Å². The molecule has 0 bridgehead atoms. The molecule has 21 heavy (non-hydrogen) atoms. The molecule has 0 saturated heterocycles. The standard InChI is InChI=1S/C16H25NO3S/c1-2-6-13(12-21(17,18)19)11-20-16-10-5-8-14-7-3-4-9-15(14)16/h3-4,7,9,13,16H,2,5-6,8,10-12H2,1H3,(H2,17,18,19). The van der Waals surface area contributed by atoms with Crippen LogP contribution in [0.2, 0.25) is 0 Å². The molecule has 0 radical (unpaired) electrons. The van der Waals surface area contributed by atoms with E-state index < -0.39 is 10.0 Å². The molecular formula is C16H25NO3S. The molecule has 0 fully saturated rings. The number of nitrogens with two attached hydrogens (primary N) is 1. The second-order valence-electron chi connectivity index (χ2n) is 5.90. The minimum Gasteiger partial charge on any atom is -0.373 e. The molecule has 0 saturated carbocycles. The number of hydrogen-bond acceptors (Lipinski definition) is 3. The molecular weight excluding hydrogens is 286 g/mol. The highest BCUT2D eigenvalue weighted by Gasteiger charge is 2.23. The Bertz CT molecular complexity index is 556. The molecule has 2 rings (SSSR count). The van der Waals surface area contributed by atoms with Crippen molar-refractivity contribution < 1.29 is 13.2 Å². The van der Waals surface area contributed by atoms with Crippen molar-refractivity contribution in [2.24, 2.45) is 11.1 Å². The largest absolute Gasteiger partial charge is 0.373 e. The van der Waals surface area contributed by atoms with Crippen molar-refractivity contribution in [1.29, 1.82) is 0 Å². The molecule has 0 aromatic heterocycles. The van der Waals surface area contributed by atoms with Crippen LogP contribution in [0.25, 0.3) is 0 Å². The molecule has 4 nitrogen and oxygen atoms in total. The lowest BCUT2D eigenvalue weighted by atomic mass is 9.89. The first-order chi connectivity index (χ1) is 9.99. The van der Waals surface area contributed by atoms with Gasteiger partial charge in [0.25, 0.3) is 0 Å². The van der Waals surface area contributed by atoms with Crippen LogP contribution < -0.4 is 5.14 Å². The third-order valence-electron chi connectivity index (χ3n) is 4.01. The van der Waals surface area contributed by atoms with Crippen LogP contribution in [0.4, 0.5) is 0 Å². The second kappa shape index (κ2) is 7.38. The zero-order valence-electron chi connectivity index (χ0n) is 12.6. The minimum absolute atomic E-state index is 0.00913. The molecule has 2 atom stereocenters. The van der Waals surface area contributed by atoms with Crippen LogP contribution in [-0.2, 0) is 21.2 Å². The average molecular weight is 311 g/mol. The lowest BCUT2D eigenvalue weighted by Gasteiger charge is -2.27. The SMILES string of the molecule is CCCC(COC1CCCc2ccccc21)CS(N)(=O)=O. The minimum atomic E-state index is -3.44. The monoisotopic (exact) mass is 311 g/mol. The summed E-state index contributed by atoms with van der Waals surface area (Å²) in [5.74, 6) is -0.00560. The van der Waals surface area contributed by atoms with Crippen LogP contribution in [0.3, 0.4) is 0 Å². The fourth-order valence-electron chi connectivity index (χ4n) is 3.09. The Hall–Kier alpha value is -0.910. The number of primary sulfonamides is 1. The number of ether oxygens (including phenoxy) is 1. The fourth-order valence-corrected chi connectivity index (χ4v) is 4.01. The highest BCUT2D eigenvalue weighted by atomic mass is 32.2. The number of aryl methyl sites for hydroxylation is 1. The fraction of sp³-hybridized carbons (Fsp3) is 0.625. The van der Waals surface area contributed by atoms with E-state index in [0.29, 0.717) is 6.61 Å². The van der Waals surface area contributed by atoms with E-state index in [9.17, 15) is 8.42 Å². The van der Waals surface area contributed by atoms with E-state index in [4.69, 9.17) is 9.88 Å². The van der Waals surface area contributed by atoms with Crippen molar-refractivity contribution >= 4 is 10.0 Å². The van der Waals surface area contributed by atoms with Crippen LogP contribution in [0.15, 0.2) is 24.3 Å². The van der Waals surface area contributed by atoms with E-state index in [1.165, 1.54) is 11.1 Å². The summed E-state index contributed by atoms with van der Waals surface area (Å²) in [7, 11) is -3.44. The lowest BCUT2D eigenvalue weighted by molar-refractivity contribution is 0.0201. The van der Waals surface area contributed by atoms with E-state index in [-0.39, 0.29) is 17.8 Å². The second-order valence-corrected chi connectivity index (χ2v) is 7.56. The molecule has 0 heterocycles. The van der Waals surface area contributed by atoms with E-state index in [1.54, 1.807) is 0 Å². The average Bonchev–Trinajstić information content (AvgIpc) is 2.43. The third kappa shape index (κ3) is 5.09. The lowest BCUT2D eigenvalue weighted by Crippen LogP contribution is -2.27. The highest BCUT2D eigenvalue weighted by Crippen LogP contribution is 2.32. The van der Waals surface area contributed by atoms with Gasteiger partial charge in [0, 0.05) is 0 Å². The smallest absolute Gasteiger partial charge is 0.209 e. The van der Waals surface area contributed by atoms with Gasteiger partial charge in [-0.3, -0.25) is 0 Å². The summed E-state index contributed by atoms with van der Waals surface area (Å²) in [6.07, 6.45) is 5.08. The van der Waals surface area contributed by atoms with Gasteiger partial charge >= 0.3 is 0 Å². The first-order valence-corrected chi connectivity index (χ1v) is 9.41. The molecule has 2 unspecified atom stereocenters. The maximum atomic E-state index is 11.3. The van der Waals surface area contributed by atoms with Crippen LogP contribution in [0.1, 0.15) is 49.8 Å². The van der Waals surface area contributed by atoms with Gasteiger partial charge < -0.3 is 4.74 Å². The predicted molar refractivity (Wildman–Crippen MR) is 84.4 cm³/mol. The van der Waals surface area contributed by atoms with Crippen molar-refractivity contribution in [2.45, 2.75) is 45.1 Å². The molecule has 0 aliphatic heterocycles. The topological polar surface area (TPSA) is 69.4 Å². The highest BCUT2D eigenvalue weighted by molar-refractivity contribution is 7.89. The quantitative estimate of drug-likeness (QED) is 0.842. The van der Waals surface area contributed by atoms with Gasteiger partial charge in [-0.2, -0.15) is 0 Å². The number of hydrogen-bond donors (Lipinski definition) is 1. The molecule has 5 heteroatoms. The molecule has 0 spiro atoms. The Kier molecular flexibility index (Phi) is 5.79. The molecule has 0 amide bonds. The third-order valence-corrected chi connectivity index (χ3v) is 4.95. The van der Waals surface area contributed by atoms with Gasteiger partial charge in [0.05, 0.1) is 18.5 Å². The van der Waals surface area contributed by atoms with Crippen molar-refractivity contribution in [2.75, 3.05) is 12.4 Å². The number of fused-ring (bicyclic) bond motifs is 1. The molecule has 118 valence electrons. The maximum Gasteiger partial charge on any atom is 0.209 e. The van der Waals surface area contributed by atoms with Crippen LogP contribution >= 0.6 is 0 Å². The predicted octanol–water partition coefficient (Wildman–Crippen LogP) is 2.79. The Labute approximate surface area is 127 Å². The summed E-state index contributed by atoms with van der Waals surface area (Å²) in [6, 6.07) is 8.36. The Balaban J connectivity index is 1.98. The molecule has 1 aromatic rings. The van der Waals surface area contributed by atoms with Crippen LogP contribution in [0, 0.1) is 5.92 Å². The molecule has 1 aromatic carbocycles. The van der Waals surface area contributed by atoms with E-state index in [0.717, 1.165) is 32.1 Å². The van der Waals surface area contributed by atoms with Gasteiger partial charge in [0.15, 0.2) is 0 Å². The molecule has 2 N–H and O–H groups in total. The zero-order valence-corrected chi connectivity index (χ0v) is 13.4. The van der Waals surface area contributed by atoms with Gasteiger partial charge in [-0.05, 0) is 42.7 Å². The summed E-state index contributed by atoms with van der Waals surface area (Å²) in [5.41, 5.74) is 2.61. The van der Waals surface area contributed by atoms with Gasteiger partial charge in [-0.15, -0.1) is 0 Å². The summed E-state index contributed by atoms with van der Waals surface area (Å²) >= 11 is 0. The van der Waals surface area contributed by atoms with Crippen molar-refractivity contribution in [1.82, 2.24) is 0 Å². The van der Waals surface area contributed by atoms with Crippen LogP contribution in [0.5, 0.6) is 0 Å². The summed E-state index contributed by atoms with van der Waals surface area (Å²) in [6.45, 7) is 2.51. The zero-order chi connectivity index (χ0) is 15.3. The maximum absolute atomic E-state index is 11.3. The Morgan fingerprint density at radius 2 is 2.14 bits per heavy atom. The number of benzene rings is 1. The van der Waals surface area contributed by atoms with E-state index >= 15 is 0 Å². The Morgan fingerprint density at radius 1 is 1.38 bits per heavy atom. The summed E-state index contributed by atoms with van der Waals surface area (Å²) < 4.78 is 28.6. The van der Waals surface area contributed by atoms with Gasteiger partial charge in [0.2, 0.25) is 10.0 Å². The van der Waals surface area contributed by atoms with Gasteiger partial charge in [-0.1, -0.05) is 37.6 Å². The van der Waals surface area contributed by atoms with Gasteiger partial charge in [0.1, 0.15) is 0 Å². The number of rotatable bonds is 7. The first-order valence-electron chi connectivity index (χ1n) is 7.69. The number of sulfonamides is 1.